The van der Waals surface area contributed by atoms with E-state index >= 15 is 0 Å². The van der Waals surface area contributed by atoms with Crippen molar-refractivity contribution in [2.45, 2.75) is 91.1 Å². The lowest BCUT2D eigenvalue weighted by atomic mass is 9.40. The van der Waals surface area contributed by atoms with Gasteiger partial charge in [-0.25, -0.2) is 0 Å². The Kier molecular flexibility index (Phi) is 2.60. The Hall–Kier alpha value is -0.0400. The van der Waals surface area contributed by atoms with E-state index in [0.717, 1.165) is 18.3 Å². The number of aliphatic hydroxyl groups is 1. The number of hydrogen-bond donors (Lipinski definition) is 1. The van der Waals surface area contributed by atoms with Crippen LogP contribution in [0.4, 0.5) is 0 Å². The molecule has 1 N–H and O–H groups in total. The predicted molar refractivity (Wildman–Crippen MR) is 87.0 cm³/mol. The summed E-state index contributed by atoms with van der Waals surface area (Å²) < 4.78 is 7.85. The lowest BCUT2D eigenvalue weighted by molar-refractivity contribution is -0.171. The second-order valence-corrected chi connectivity index (χ2v) is 9.98. The molecule has 0 aromatic carbocycles. The van der Waals surface area contributed by atoms with Gasteiger partial charge in [0.25, 0.3) is 0 Å². The molecule has 0 aromatic rings. The quantitative estimate of drug-likeness (QED) is 0.653. The fraction of sp³-hybridized carbons (Fsp3) is 1.00. The van der Waals surface area contributed by atoms with Gasteiger partial charge >= 0.3 is 0 Å². The number of rotatable bonds is 0. The molecule has 0 unspecified atom stereocenters. The largest absolute Gasteiger partial charge is 0.390 e. The molecule has 0 amide bonds. The second kappa shape index (κ2) is 4.08. The summed E-state index contributed by atoms with van der Waals surface area (Å²) in [6.07, 6.45) is 11.5. The van der Waals surface area contributed by atoms with Crippen molar-refractivity contribution in [2.24, 2.45) is 34.0 Å². The van der Waals surface area contributed by atoms with E-state index in [1.54, 1.807) is 0 Å². The average molecular weight is 291 g/mol. The molecule has 4 saturated carbocycles. The zero-order chi connectivity index (χ0) is 15.8. The molecule has 4 aliphatic rings. The predicted octanol–water partition coefficient (Wildman–Crippen LogP) is 5.17. The van der Waals surface area contributed by atoms with E-state index in [9.17, 15) is 5.11 Å². The van der Waals surface area contributed by atoms with E-state index in [2.05, 4.69) is 20.8 Å². The third-order valence-corrected chi connectivity index (χ3v) is 8.90. The molecule has 1 heteroatoms. The van der Waals surface area contributed by atoms with Crippen LogP contribution >= 0.6 is 0 Å². The minimum absolute atomic E-state index is 0.214. The SMILES string of the molecule is [2H]C[C@@]1(O)CC[C@]23C[C@H]1C[C@@H]2CC[C@H]1C(C)(C)CCC[C@@]13C. The molecule has 0 aliphatic heterocycles. The molecule has 6 atom stereocenters. The van der Waals surface area contributed by atoms with Crippen LogP contribution in [0.25, 0.3) is 0 Å². The van der Waals surface area contributed by atoms with Crippen LogP contribution in [0.3, 0.4) is 0 Å². The first-order valence-electron chi connectivity index (χ1n) is 10.00. The van der Waals surface area contributed by atoms with Gasteiger partial charge < -0.3 is 5.11 Å². The topological polar surface area (TPSA) is 20.2 Å². The van der Waals surface area contributed by atoms with Crippen LogP contribution in [0.2, 0.25) is 0 Å². The average Bonchev–Trinajstić information content (AvgIpc) is 2.80. The third-order valence-electron chi connectivity index (χ3n) is 8.90. The Morgan fingerprint density at radius 3 is 2.57 bits per heavy atom. The van der Waals surface area contributed by atoms with Gasteiger partial charge in [0.15, 0.2) is 0 Å². The zero-order valence-electron chi connectivity index (χ0n) is 15.3. The standard InChI is InChI=1S/C20H34O/c1-17(2)8-5-9-18(3)16(17)7-6-14-12-15-13-20(14,18)11-10-19(15,4)21/h14-16,21H,5-13H2,1-4H3/t14-,15+,16-,18-,19+,20-/m0/s1/i4D. The molecule has 21 heavy (non-hydrogen) atoms. The second-order valence-electron chi connectivity index (χ2n) is 9.98. The van der Waals surface area contributed by atoms with Crippen LogP contribution in [-0.2, 0) is 0 Å². The molecule has 120 valence electrons. The monoisotopic (exact) mass is 291 g/mol. The normalized spacial score (nSPS) is 59.0. The van der Waals surface area contributed by atoms with E-state index in [1.165, 1.54) is 51.4 Å². The van der Waals surface area contributed by atoms with E-state index in [4.69, 9.17) is 1.37 Å². The molecule has 0 aromatic heterocycles. The molecular weight excluding hydrogens is 256 g/mol. The van der Waals surface area contributed by atoms with Crippen molar-refractivity contribution < 1.29 is 6.48 Å². The van der Waals surface area contributed by atoms with E-state index in [0.29, 0.717) is 22.2 Å². The highest BCUT2D eigenvalue weighted by Gasteiger charge is 2.68. The van der Waals surface area contributed by atoms with Gasteiger partial charge in [-0.15, -0.1) is 0 Å². The van der Waals surface area contributed by atoms with Gasteiger partial charge in [-0.1, -0.05) is 27.2 Å². The summed E-state index contributed by atoms with van der Waals surface area (Å²) in [5.41, 5.74) is 0.794. The van der Waals surface area contributed by atoms with Gasteiger partial charge in [-0.2, -0.15) is 0 Å². The highest BCUT2D eigenvalue weighted by molar-refractivity contribution is 5.17. The molecule has 0 saturated heterocycles. The van der Waals surface area contributed by atoms with Gasteiger partial charge in [-0.05, 0) is 92.3 Å². The van der Waals surface area contributed by atoms with Crippen molar-refractivity contribution in [3.8, 4) is 0 Å². The summed E-state index contributed by atoms with van der Waals surface area (Å²) in [4.78, 5) is 0. The number of fused-ring (bicyclic) bond motifs is 2. The maximum Gasteiger partial charge on any atom is 0.0648 e. The van der Waals surface area contributed by atoms with Crippen molar-refractivity contribution in [1.82, 2.24) is 0 Å². The summed E-state index contributed by atoms with van der Waals surface area (Å²) in [6, 6.07) is 0. The van der Waals surface area contributed by atoms with Crippen molar-refractivity contribution in [3.05, 3.63) is 0 Å². The van der Waals surface area contributed by atoms with Gasteiger partial charge in [0.1, 0.15) is 0 Å². The van der Waals surface area contributed by atoms with Crippen molar-refractivity contribution in [1.29, 1.82) is 0 Å². The first kappa shape index (κ1) is 13.4. The maximum absolute atomic E-state index is 10.9. The van der Waals surface area contributed by atoms with Crippen LogP contribution in [0.5, 0.6) is 0 Å². The summed E-state index contributed by atoms with van der Waals surface area (Å²) in [7, 11) is 0. The van der Waals surface area contributed by atoms with Gasteiger partial charge in [-0.3, -0.25) is 0 Å². The highest BCUT2D eigenvalue weighted by Crippen LogP contribution is 2.75. The zero-order valence-corrected chi connectivity index (χ0v) is 14.3. The van der Waals surface area contributed by atoms with Crippen molar-refractivity contribution >= 4 is 0 Å². The van der Waals surface area contributed by atoms with Crippen LogP contribution in [0.15, 0.2) is 0 Å². The Bertz CT molecular complexity index is 474. The van der Waals surface area contributed by atoms with Gasteiger partial charge in [0.2, 0.25) is 0 Å². The van der Waals surface area contributed by atoms with E-state index in [1.807, 2.05) is 0 Å². The van der Waals surface area contributed by atoms with E-state index < -0.39 is 5.60 Å². The lowest BCUT2D eigenvalue weighted by Gasteiger charge is -2.65. The summed E-state index contributed by atoms with van der Waals surface area (Å²) in [5, 5.41) is 10.9. The fourth-order valence-corrected chi connectivity index (χ4v) is 7.79. The molecule has 0 heterocycles. The van der Waals surface area contributed by atoms with Gasteiger partial charge in [0, 0.05) is 1.37 Å². The Labute approximate surface area is 132 Å². The first-order valence-corrected chi connectivity index (χ1v) is 9.29. The maximum atomic E-state index is 10.9. The summed E-state index contributed by atoms with van der Waals surface area (Å²) in [5.74, 6) is 2.10. The van der Waals surface area contributed by atoms with Crippen LogP contribution in [-0.4, -0.2) is 10.7 Å². The summed E-state index contributed by atoms with van der Waals surface area (Å²) in [6.45, 7) is 7.87. The van der Waals surface area contributed by atoms with E-state index in [-0.39, 0.29) is 6.90 Å². The first-order chi connectivity index (χ1) is 10.3. The van der Waals surface area contributed by atoms with Crippen molar-refractivity contribution in [3.63, 3.8) is 0 Å². The summed E-state index contributed by atoms with van der Waals surface area (Å²) >= 11 is 0. The molecule has 1 spiro atoms. The van der Waals surface area contributed by atoms with Gasteiger partial charge in [0.05, 0.1) is 5.60 Å². The molecule has 0 radical (unpaired) electrons. The minimum atomic E-state index is -0.668. The molecule has 1 nitrogen and oxygen atoms in total. The Morgan fingerprint density at radius 1 is 1.00 bits per heavy atom. The van der Waals surface area contributed by atoms with Crippen molar-refractivity contribution in [2.75, 3.05) is 0 Å². The van der Waals surface area contributed by atoms with Crippen LogP contribution in [0, 0.1) is 34.0 Å². The third kappa shape index (κ3) is 1.68. The van der Waals surface area contributed by atoms with Crippen LogP contribution in [0.1, 0.15) is 86.8 Å². The smallest absolute Gasteiger partial charge is 0.0648 e. The molecule has 4 aliphatic carbocycles. The fourth-order valence-electron chi connectivity index (χ4n) is 7.79. The number of hydrogen-bond acceptors (Lipinski definition) is 1. The molecule has 4 rings (SSSR count). The molecule has 4 fully saturated rings. The molecule has 2 bridgehead atoms. The Morgan fingerprint density at radius 2 is 1.81 bits per heavy atom. The molecular formula is C20H34O. The Balaban J connectivity index is 1.74. The lowest BCUT2D eigenvalue weighted by Crippen LogP contribution is -2.58. The van der Waals surface area contributed by atoms with Crippen LogP contribution < -0.4 is 0 Å². The highest BCUT2D eigenvalue weighted by atomic mass is 16.3. The minimum Gasteiger partial charge on any atom is -0.390 e.